The van der Waals surface area contributed by atoms with Crippen molar-refractivity contribution in [1.29, 1.82) is 0 Å². The smallest absolute Gasteiger partial charge is 0.277 e. The highest BCUT2D eigenvalue weighted by atomic mass is 31.2. The maximum atomic E-state index is 11.3. The summed E-state index contributed by atoms with van der Waals surface area (Å²) in [5.41, 5.74) is 0. The van der Waals surface area contributed by atoms with E-state index in [4.69, 9.17) is 4.52 Å². The molecule has 0 N–H and O–H groups in total. The van der Waals surface area contributed by atoms with Gasteiger partial charge in [0, 0.05) is 11.1 Å². The van der Waals surface area contributed by atoms with Crippen LogP contribution in [0, 0.1) is 10.1 Å². The van der Waals surface area contributed by atoms with Crippen LogP contribution in [0.4, 0.5) is 0 Å². The van der Waals surface area contributed by atoms with Crippen molar-refractivity contribution >= 4 is 7.37 Å². The Hall–Kier alpha value is -0.410. The zero-order valence-electron chi connectivity index (χ0n) is 6.65. The van der Waals surface area contributed by atoms with Crippen molar-refractivity contribution in [3.63, 3.8) is 0 Å². The molecule has 0 rings (SSSR count). The first-order valence-corrected chi connectivity index (χ1v) is 5.38. The fraction of sp³-hybridized carbons (Fsp3) is 1.00. The van der Waals surface area contributed by atoms with Gasteiger partial charge in [0.1, 0.15) is 0 Å². The van der Waals surface area contributed by atoms with Crippen molar-refractivity contribution in [1.82, 2.24) is 0 Å². The Labute approximate surface area is 65.3 Å². The van der Waals surface area contributed by atoms with Gasteiger partial charge in [0.05, 0.1) is 6.61 Å². The molecule has 0 aromatic carbocycles. The van der Waals surface area contributed by atoms with Crippen LogP contribution >= 0.6 is 7.37 Å². The number of nitrogens with zero attached hydrogens (tertiary/aromatic N) is 1. The molecule has 1 unspecified atom stereocenters. The van der Waals surface area contributed by atoms with Crippen molar-refractivity contribution in [3.05, 3.63) is 10.1 Å². The van der Waals surface area contributed by atoms with Gasteiger partial charge in [0.15, 0.2) is 0 Å². The highest BCUT2D eigenvalue weighted by Crippen LogP contribution is 2.45. The van der Waals surface area contributed by atoms with Crippen LogP contribution in [0.1, 0.15) is 13.8 Å². The predicted octanol–water partition coefficient (Wildman–Crippen LogP) is 1.56. The van der Waals surface area contributed by atoms with E-state index in [1.807, 2.05) is 0 Å². The van der Waals surface area contributed by atoms with E-state index >= 15 is 0 Å². The molecule has 11 heavy (non-hydrogen) atoms. The molecule has 0 heterocycles. The number of hydrogen-bond acceptors (Lipinski definition) is 4. The Morgan fingerprint density at radius 2 is 2.09 bits per heavy atom. The van der Waals surface area contributed by atoms with Gasteiger partial charge in [0.25, 0.3) is 13.7 Å². The Balaban J connectivity index is 4.10. The van der Waals surface area contributed by atoms with E-state index in [1.165, 1.54) is 0 Å². The molecule has 6 heteroatoms. The quantitative estimate of drug-likeness (QED) is 0.366. The van der Waals surface area contributed by atoms with Gasteiger partial charge in [-0.2, -0.15) is 0 Å². The SMILES string of the molecule is CCOP(=O)(CC)C[N+](=O)[O-]. The molecule has 0 aliphatic carbocycles. The third kappa shape index (κ3) is 4.11. The second-order valence-corrected chi connectivity index (χ2v) is 4.83. The second kappa shape index (κ2) is 4.46. The van der Waals surface area contributed by atoms with Gasteiger partial charge in [-0.1, -0.05) is 6.92 Å². The molecular formula is C5H12NO4P. The Bertz CT molecular complexity index is 181. The summed E-state index contributed by atoms with van der Waals surface area (Å²) in [7, 11) is -2.96. The molecule has 0 amide bonds. The predicted molar refractivity (Wildman–Crippen MR) is 41.6 cm³/mol. The van der Waals surface area contributed by atoms with Crippen LogP contribution in [0.25, 0.3) is 0 Å². The third-order valence-electron chi connectivity index (χ3n) is 1.18. The average Bonchev–Trinajstić information content (AvgIpc) is 1.87. The molecule has 66 valence electrons. The minimum absolute atomic E-state index is 0.224. The number of rotatable bonds is 5. The molecule has 0 saturated carbocycles. The minimum atomic E-state index is -2.96. The van der Waals surface area contributed by atoms with E-state index < -0.39 is 18.6 Å². The zero-order valence-corrected chi connectivity index (χ0v) is 7.54. The van der Waals surface area contributed by atoms with Crippen molar-refractivity contribution < 1.29 is 14.0 Å². The van der Waals surface area contributed by atoms with Crippen LogP contribution in [0.15, 0.2) is 0 Å². The summed E-state index contributed by atoms with van der Waals surface area (Å²) in [6, 6.07) is 0. The Kier molecular flexibility index (Phi) is 4.30. The van der Waals surface area contributed by atoms with Gasteiger partial charge in [-0.25, -0.2) is 0 Å². The van der Waals surface area contributed by atoms with E-state index in [-0.39, 0.29) is 12.8 Å². The summed E-state index contributed by atoms with van der Waals surface area (Å²) in [5, 5.41) is 10.0. The van der Waals surface area contributed by atoms with Gasteiger partial charge in [-0.3, -0.25) is 14.7 Å². The number of nitro groups is 1. The molecule has 0 aromatic heterocycles. The molecule has 5 nitrogen and oxygen atoms in total. The van der Waals surface area contributed by atoms with E-state index in [2.05, 4.69) is 0 Å². The molecule has 0 bridgehead atoms. The second-order valence-electron chi connectivity index (χ2n) is 2.02. The lowest BCUT2D eigenvalue weighted by molar-refractivity contribution is -0.460. The molecule has 1 atom stereocenters. The topological polar surface area (TPSA) is 69.4 Å². The zero-order chi connectivity index (χ0) is 8.91. The molecule has 0 spiro atoms. The van der Waals surface area contributed by atoms with E-state index in [1.54, 1.807) is 13.8 Å². The van der Waals surface area contributed by atoms with Gasteiger partial charge in [-0.05, 0) is 6.92 Å². The van der Waals surface area contributed by atoms with Crippen LogP contribution in [-0.2, 0) is 9.09 Å². The van der Waals surface area contributed by atoms with Gasteiger partial charge >= 0.3 is 0 Å². The summed E-state index contributed by atoms with van der Waals surface area (Å²) in [6.07, 6.45) is -0.334. The molecule has 0 aromatic rings. The van der Waals surface area contributed by atoms with Crippen molar-refractivity contribution in [2.75, 3.05) is 19.1 Å². The monoisotopic (exact) mass is 181 g/mol. The molecule has 0 aliphatic heterocycles. The first-order valence-electron chi connectivity index (χ1n) is 3.38. The van der Waals surface area contributed by atoms with Crippen LogP contribution in [0.3, 0.4) is 0 Å². The summed E-state index contributed by atoms with van der Waals surface area (Å²) >= 11 is 0. The fourth-order valence-electron chi connectivity index (χ4n) is 0.643. The molecule has 0 saturated heterocycles. The maximum Gasteiger partial charge on any atom is 0.277 e. The van der Waals surface area contributed by atoms with Gasteiger partial charge in [-0.15, -0.1) is 0 Å². The normalized spacial score (nSPS) is 15.8. The largest absolute Gasteiger partial charge is 0.324 e. The first kappa shape index (κ1) is 10.6. The molecular weight excluding hydrogens is 169 g/mol. The third-order valence-corrected chi connectivity index (χ3v) is 3.53. The first-order chi connectivity index (χ1) is 5.04. The van der Waals surface area contributed by atoms with Crippen LogP contribution < -0.4 is 0 Å². The van der Waals surface area contributed by atoms with Gasteiger partial charge in [0.2, 0.25) is 0 Å². The minimum Gasteiger partial charge on any atom is -0.324 e. The van der Waals surface area contributed by atoms with Crippen molar-refractivity contribution in [2.24, 2.45) is 0 Å². The lowest BCUT2D eigenvalue weighted by Gasteiger charge is -2.09. The van der Waals surface area contributed by atoms with E-state index in [0.717, 1.165) is 0 Å². The van der Waals surface area contributed by atoms with Crippen LogP contribution in [0.5, 0.6) is 0 Å². The maximum absolute atomic E-state index is 11.3. The van der Waals surface area contributed by atoms with Crippen LogP contribution in [0.2, 0.25) is 0 Å². The van der Waals surface area contributed by atoms with E-state index in [9.17, 15) is 14.7 Å². The summed E-state index contributed by atoms with van der Waals surface area (Å²) in [4.78, 5) is 9.40. The Morgan fingerprint density at radius 3 is 2.36 bits per heavy atom. The lowest BCUT2D eigenvalue weighted by Crippen LogP contribution is -2.06. The highest BCUT2D eigenvalue weighted by molar-refractivity contribution is 7.58. The molecule has 0 radical (unpaired) electrons. The van der Waals surface area contributed by atoms with Crippen molar-refractivity contribution in [2.45, 2.75) is 13.8 Å². The summed E-state index contributed by atoms with van der Waals surface area (Å²) < 4.78 is 16.1. The summed E-state index contributed by atoms with van der Waals surface area (Å²) in [5.74, 6) is 0. The van der Waals surface area contributed by atoms with Crippen LogP contribution in [-0.4, -0.2) is 24.0 Å². The molecule has 0 aliphatic rings. The average molecular weight is 181 g/mol. The highest BCUT2D eigenvalue weighted by Gasteiger charge is 2.26. The van der Waals surface area contributed by atoms with Crippen molar-refractivity contribution in [3.8, 4) is 0 Å². The van der Waals surface area contributed by atoms with Gasteiger partial charge < -0.3 is 4.52 Å². The summed E-state index contributed by atoms with van der Waals surface area (Å²) in [6.45, 7) is 3.56. The molecule has 0 fully saturated rings. The number of hydrogen-bond donors (Lipinski definition) is 0. The Morgan fingerprint density at radius 1 is 1.55 bits per heavy atom. The lowest BCUT2D eigenvalue weighted by atomic mass is 10.9. The fourth-order valence-corrected chi connectivity index (χ4v) is 1.93. The van der Waals surface area contributed by atoms with E-state index in [0.29, 0.717) is 0 Å². The standard InChI is InChI=1S/C5H12NO4P/c1-3-10-11(9,4-2)5-6(7)8/h3-5H2,1-2H3.